The maximum absolute atomic E-state index is 12.8. The summed E-state index contributed by atoms with van der Waals surface area (Å²) in [4.78, 5) is 24.8. The zero-order valence-electron chi connectivity index (χ0n) is 11.4. The highest BCUT2D eigenvalue weighted by molar-refractivity contribution is 6.25. The molecule has 1 fully saturated rings. The number of nitrogens with zero attached hydrogens (tertiary/aromatic N) is 1. The number of aliphatic hydroxyl groups is 1. The fourth-order valence-electron chi connectivity index (χ4n) is 3.35. The maximum atomic E-state index is 12.8. The van der Waals surface area contributed by atoms with Gasteiger partial charge in [0, 0.05) is 6.20 Å². The van der Waals surface area contributed by atoms with Gasteiger partial charge in [0.05, 0.1) is 12.3 Å². The lowest BCUT2D eigenvalue weighted by Gasteiger charge is -2.35. The van der Waals surface area contributed by atoms with Gasteiger partial charge in [0.15, 0.2) is 11.5 Å². The second-order valence-corrected chi connectivity index (χ2v) is 5.28. The molecular formula is C15H17NO4. The average molecular weight is 275 g/mol. The van der Waals surface area contributed by atoms with Crippen LogP contribution in [0.1, 0.15) is 38.3 Å². The van der Waals surface area contributed by atoms with Gasteiger partial charge in [-0.25, -0.2) is 4.79 Å². The van der Waals surface area contributed by atoms with Crippen molar-refractivity contribution in [3.05, 3.63) is 29.6 Å². The van der Waals surface area contributed by atoms with Crippen molar-refractivity contribution >= 4 is 17.5 Å². The van der Waals surface area contributed by atoms with Gasteiger partial charge in [-0.3, -0.25) is 4.79 Å². The minimum atomic E-state index is -0.728. The predicted molar refractivity (Wildman–Crippen MR) is 72.1 cm³/mol. The van der Waals surface area contributed by atoms with Crippen LogP contribution in [0.15, 0.2) is 23.9 Å². The molecule has 1 saturated carbocycles. The average Bonchev–Trinajstić information content (AvgIpc) is 3.07. The molecule has 20 heavy (non-hydrogen) atoms. The molecule has 1 aliphatic heterocycles. The Hall–Kier alpha value is -2.04. The van der Waals surface area contributed by atoms with E-state index in [2.05, 4.69) is 0 Å². The normalized spacial score (nSPS) is 20.4. The quantitative estimate of drug-likeness (QED) is 0.663. The van der Waals surface area contributed by atoms with Crippen molar-refractivity contribution in [3.63, 3.8) is 0 Å². The molecule has 0 unspecified atom stereocenters. The van der Waals surface area contributed by atoms with E-state index >= 15 is 0 Å². The number of carbonyl (C=O) groups excluding carboxylic acids is 2. The van der Waals surface area contributed by atoms with E-state index < -0.39 is 11.5 Å². The Labute approximate surface area is 116 Å². The summed E-state index contributed by atoms with van der Waals surface area (Å²) in [6, 6.07) is 3.51. The molecule has 2 aliphatic rings. The van der Waals surface area contributed by atoms with Gasteiger partial charge in [0.25, 0.3) is 0 Å². The first-order chi connectivity index (χ1) is 9.62. The lowest BCUT2D eigenvalue weighted by atomic mass is 9.83. The third-order valence-corrected chi connectivity index (χ3v) is 4.25. The van der Waals surface area contributed by atoms with Crippen LogP contribution in [0.5, 0.6) is 0 Å². The molecule has 2 heterocycles. The van der Waals surface area contributed by atoms with E-state index in [0.717, 1.165) is 12.8 Å². The third-order valence-electron chi connectivity index (χ3n) is 4.25. The van der Waals surface area contributed by atoms with Gasteiger partial charge in [0.1, 0.15) is 11.1 Å². The molecule has 5 nitrogen and oxygen atoms in total. The van der Waals surface area contributed by atoms with E-state index in [9.17, 15) is 14.7 Å². The van der Waals surface area contributed by atoms with E-state index in [-0.39, 0.29) is 23.7 Å². The number of hydrogen-bond donors (Lipinski definition) is 1. The highest BCUT2D eigenvalue weighted by Crippen LogP contribution is 2.45. The molecule has 0 radical (unpaired) electrons. The molecule has 0 amide bonds. The van der Waals surface area contributed by atoms with Gasteiger partial charge in [-0.15, -0.1) is 0 Å². The first-order valence-electron chi connectivity index (χ1n) is 6.95. The number of aliphatic hydroxyl groups excluding tert-OH is 1. The maximum Gasteiger partial charge on any atom is 0.345 e. The first-order valence-corrected chi connectivity index (χ1v) is 6.95. The molecule has 3 rings (SSSR count). The van der Waals surface area contributed by atoms with Crippen LogP contribution >= 0.6 is 0 Å². The smallest absolute Gasteiger partial charge is 0.345 e. The van der Waals surface area contributed by atoms with Gasteiger partial charge >= 0.3 is 5.97 Å². The summed E-state index contributed by atoms with van der Waals surface area (Å²) < 4.78 is 6.75. The number of fused-ring (bicyclic) bond motifs is 2. The zero-order chi connectivity index (χ0) is 14.3. The molecule has 1 aromatic heterocycles. The predicted octanol–water partition coefficient (Wildman–Crippen LogP) is 2.17. The zero-order valence-corrected chi connectivity index (χ0v) is 11.4. The van der Waals surface area contributed by atoms with Crippen LogP contribution in [-0.4, -0.2) is 28.0 Å². The molecule has 1 N–H and O–H groups in total. The number of carbonyl (C=O) groups is 2. The largest absolute Gasteiger partial charge is 0.505 e. The van der Waals surface area contributed by atoms with Crippen LogP contribution in [-0.2, 0) is 19.9 Å². The molecule has 0 atom stereocenters. The van der Waals surface area contributed by atoms with Crippen molar-refractivity contribution in [1.29, 1.82) is 0 Å². The summed E-state index contributed by atoms with van der Waals surface area (Å²) in [5.41, 5.74) is -0.387. The second kappa shape index (κ2) is 4.51. The number of hydrogen-bond acceptors (Lipinski definition) is 4. The van der Waals surface area contributed by atoms with Crippen molar-refractivity contribution < 1.29 is 19.4 Å². The van der Waals surface area contributed by atoms with E-state index in [4.69, 9.17) is 4.74 Å². The van der Waals surface area contributed by atoms with Crippen LogP contribution in [0.4, 0.5) is 0 Å². The molecule has 0 bridgehead atoms. The SMILES string of the molecule is CCOC(=O)C1=C(O)c2cccn2C2(CCCC2)C1=O. The first kappa shape index (κ1) is 13.0. The van der Waals surface area contributed by atoms with Crippen LogP contribution in [0, 0.1) is 0 Å². The van der Waals surface area contributed by atoms with Crippen molar-refractivity contribution in [2.24, 2.45) is 0 Å². The number of aromatic nitrogens is 1. The topological polar surface area (TPSA) is 68.5 Å². The minimum absolute atomic E-state index is 0.177. The Morgan fingerprint density at radius 2 is 2.15 bits per heavy atom. The monoisotopic (exact) mass is 275 g/mol. The summed E-state index contributed by atoms with van der Waals surface area (Å²) in [5.74, 6) is -1.31. The summed E-state index contributed by atoms with van der Waals surface area (Å²) >= 11 is 0. The van der Waals surface area contributed by atoms with E-state index in [1.165, 1.54) is 0 Å². The number of esters is 1. The fraction of sp³-hybridized carbons (Fsp3) is 0.467. The van der Waals surface area contributed by atoms with Gasteiger partial charge in [-0.05, 0) is 31.9 Å². The molecule has 0 aromatic carbocycles. The summed E-state index contributed by atoms with van der Waals surface area (Å²) in [6.45, 7) is 1.85. The highest BCUT2D eigenvalue weighted by Gasteiger charge is 2.50. The number of ketones is 1. The Bertz CT molecular complexity index is 605. The van der Waals surface area contributed by atoms with Crippen LogP contribution in [0.2, 0.25) is 0 Å². The lowest BCUT2D eigenvalue weighted by Crippen LogP contribution is -2.45. The minimum Gasteiger partial charge on any atom is -0.505 e. The van der Waals surface area contributed by atoms with Crippen molar-refractivity contribution in [2.45, 2.75) is 38.1 Å². The number of rotatable bonds is 2. The second-order valence-electron chi connectivity index (χ2n) is 5.28. The Balaban J connectivity index is 2.18. The van der Waals surface area contributed by atoms with Crippen molar-refractivity contribution in [2.75, 3.05) is 6.61 Å². The van der Waals surface area contributed by atoms with Gasteiger partial charge in [-0.2, -0.15) is 0 Å². The molecule has 5 heteroatoms. The Kier molecular flexibility index (Phi) is 2.92. The summed E-state index contributed by atoms with van der Waals surface area (Å²) in [6.07, 6.45) is 5.09. The molecule has 1 spiro atoms. The summed E-state index contributed by atoms with van der Waals surface area (Å²) in [7, 11) is 0. The molecule has 1 aromatic rings. The van der Waals surface area contributed by atoms with Gasteiger partial charge in [-0.1, -0.05) is 12.8 Å². The summed E-state index contributed by atoms with van der Waals surface area (Å²) in [5, 5.41) is 10.3. The van der Waals surface area contributed by atoms with Gasteiger partial charge < -0.3 is 14.4 Å². The van der Waals surface area contributed by atoms with Crippen molar-refractivity contribution in [3.8, 4) is 0 Å². The standard InChI is InChI=1S/C15H17NO4/c1-2-20-14(19)11-12(17)10-6-5-9-16(10)15(13(11)18)7-3-4-8-15/h5-6,9,17H,2-4,7-8H2,1H3. The van der Waals surface area contributed by atoms with E-state index in [1.807, 2.05) is 4.57 Å². The van der Waals surface area contributed by atoms with Crippen molar-refractivity contribution in [1.82, 2.24) is 4.57 Å². The van der Waals surface area contributed by atoms with Crippen LogP contribution in [0.3, 0.4) is 0 Å². The number of Topliss-reactive ketones (excluding diaryl/α,β-unsaturated/α-hetero) is 1. The molecule has 1 aliphatic carbocycles. The third kappa shape index (κ3) is 1.55. The van der Waals surface area contributed by atoms with Crippen LogP contribution < -0.4 is 0 Å². The van der Waals surface area contributed by atoms with E-state index in [1.54, 1.807) is 25.3 Å². The number of ether oxygens (including phenoxy) is 1. The Morgan fingerprint density at radius 3 is 2.80 bits per heavy atom. The molecule has 0 saturated heterocycles. The lowest BCUT2D eigenvalue weighted by molar-refractivity contribution is -0.141. The van der Waals surface area contributed by atoms with E-state index in [0.29, 0.717) is 18.5 Å². The molecular weight excluding hydrogens is 258 g/mol. The van der Waals surface area contributed by atoms with Gasteiger partial charge in [0.2, 0.25) is 0 Å². The van der Waals surface area contributed by atoms with Crippen LogP contribution in [0.25, 0.3) is 5.76 Å². The molecule has 106 valence electrons. The fourth-order valence-corrected chi connectivity index (χ4v) is 3.35. The highest BCUT2D eigenvalue weighted by atomic mass is 16.5. The Morgan fingerprint density at radius 1 is 1.45 bits per heavy atom.